The van der Waals surface area contributed by atoms with E-state index in [4.69, 9.17) is 16.3 Å². The van der Waals surface area contributed by atoms with Crippen LogP contribution in [-0.2, 0) is 16.2 Å². The van der Waals surface area contributed by atoms with E-state index >= 15 is 0 Å². The Morgan fingerprint density at radius 3 is 2.32 bits per heavy atom. The highest BCUT2D eigenvalue weighted by atomic mass is 79.9. The summed E-state index contributed by atoms with van der Waals surface area (Å²) >= 11 is 13.0. The van der Waals surface area contributed by atoms with Crippen molar-refractivity contribution in [3.05, 3.63) is 96.9 Å². The number of nitrogens with one attached hydrogen (secondary N) is 1. The second-order valence-electron chi connectivity index (χ2n) is 7.53. The van der Waals surface area contributed by atoms with Crippen LogP contribution in [0, 0.1) is 6.92 Å². The average Bonchev–Trinajstić information content (AvgIpc) is 2.77. The van der Waals surface area contributed by atoms with Crippen molar-refractivity contribution < 1.29 is 19.1 Å². The summed E-state index contributed by atoms with van der Waals surface area (Å²) in [5.41, 5.74) is 2.81. The first-order valence-electron chi connectivity index (χ1n) is 10.1. The highest BCUT2D eigenvalue weighted by Gasteiger charge is 2.36. The number of hydrogen-bond donors (Lipinski definition) is 1. The molecule has 0 saturated carbocycles. The second-order valence-corrected chi connectivity index (χ2v) is 9.67. The van der Waals surface area contributed by atoms with Gasteiger partial charge in [0.05, 0.1) is 14.6 Å². The highest BCUT2D eigenvalue weighted by Crippen LogP contribution is 2.36. The molecule has 3 aromatic rings. The summed E-state index contributed by atoms with van der Waals surface area (Å²) in [5.74, 6) is -0.943. The molecular weight excluding hydrogens is 588 g/mol. The lowest BCUT2D eigenvalue weighted by Gasteiger charge is -2.26. The fourth-order valence-electron chi connectivity index (χ4n) is 3.31. The zero-order chi connectivity index (χ0) is 24.4. The predicted octanol–water partition coefficient (Wildman–Crippen LogP) is 6.42. The minimum Gasteiger partial charge on any atom is -0.487 e. The van der Waals surface area contributed by atoms with Crippen LogP contribution >= 0.6 is 43.5 Å². The highest BCUT2D eigenvalue weighted by molar-refractivity contribution is 9.11. The van der Waals surface area contributed by atoms with Gasteiger partial charge in [-0.25, -0.2) is 9.69 Å². The summed E-state index contributed by atoms with van der Waals surface area (Å²) in [5, 5.41) is 2.55. The molecule has 0 radical (unpaired) electrons. The maximum Gasteiger partial charge on any atom is 0.335 e. The Hall–Kier alpha value is -2.94. The van der Waals surface area contributed by atoms with Crippen molar-refractivity contribution in [1.29, 1.82) is 0 Å². The number of carbonyl (C=O) groups is 3. The van der Waals surface area contributed by atoms with Crippen molar-refractivity contribution in [3.8, 4) is 5.75 Å². The number of halogens is 3. The van der Waals surface area contributed by atoms with Gasteiger partial charge in [0.1, 0.15) is 17.9 Å². The Bertz CT molecular complexity index is 1320. The van der Waals surface area contributed by atoms with Gasteiger partial charge in [-0.15, -0.1) is 0 Å². The predicted molar refractivity (Wildman–Crippen MR) is 138 cm³/mol. The van der Waals surface area contributed by atoms with Crippen LogP contribution in [0.5, 0.6) is 5.75 Å². The fraction of sp³-hybridized carbons (Fsp3) is 0.0800. The molecule has 1 aliphatic heterocycles. The molecule has 1 N–H and O–H groups in total. The summed E-state index contributed by atoms with van der Waals surface area (Å²) in [4.78, 5) is 38.8. The zero-order valence-corrected chi connectivity index (χ0v) is 21.7. The fourth-order valence-corrected chi connectivity index (χ4v) is 4.95. The lowest BCUT2D eigenvalue weighted by atomic mass is 10.1. The maximum atomic E-state index is 13.1. The van der Waals surface area contributed by atoms with E-state index in [0.29, 0.717) is 31.9 Å². The molecule has 34 heavy (non-hydrogen) atoms. The molecule has 1 saturated heterocycles. The minimum absolute atomic E-state index is 0.188. The molecule has 1 heterocycles. The summed E-state index contributed by atoms with van der Waals surface area (Å²) in [6, 6.07) is 16.9. The van der Waals surface area contributed by atoms with Gasteiger partial charge in [0, 0.05) is 5.02 Å². The number of imide groups is 2. The summed E-state index contributed by atoms with van der Waals surface area (Å²) in [6.07, 6.45) is 1.42. The van der Waals surface area contributed by atoms with Crippen LogP contribution in [0.25, 0.3) is 6.08 Å². The Balaban J connectivity index is 1.60. The van der Waals surface area contributed by atoms with Crippen LogP contribution < -0.4 is 15.0 Å². The number of hydrogen-bond acceptors (Lipinski definition) is 4. The number of rotatable bonds is 5. The molecule has 0 spiro atoms. The molecule has 172 valence electrons. The first-order chi connectivity index (χ1) is 16.2. The molecule has 1 aliphatic rings. The van der Waals surface area contributed by atoms with Crippen LogP contribution in [0.4, 0.5) is 10.5 Å². The van der Waals surface area contributed by atoms with Crippen LogP contribution in [0.3, 0.4) is 0 Å². The molecule has 0 aromatic heterocycles. The zero-order valence-electron chi connectivity index (χ0n) is 17.8. The third-order valence-electron chi connectivity index (χ3n) is 5.00. The summed E-state index contributed by atoms with van der Waals surface area (Å²) in [6.45, 7) is 2.39. The maximum absolute atomic E-state index is 13.1. The molecule has 9 heteroatoms. The van der Waals surface area contributed by atoms with Crippen molar-refractivity contribution in [3.63, 3.8) is 0 Å². The first-order valence-corrected chi connectivity index (χ1v) is 12.0. The van der Waals surface area contributed by atoms with Gasteiger partial charge in [-0.05, 0) is 86.3 Å². The molecule has 0 bridgehead atoms. The smallest absolute Gasteiger partial charge is 0.335 e. The standard InChI is InChI=1S/C25H17Br2ClN2O4/c1-14-5-7-15(8-6-14)13-34-22-20(26)10-16(11-21(22)27)9-19-23(31)29-25(33)30(24(19)32)18-4-2-3-17(28)12-18/h2-12H,13H2,1H3,(H,29,31,33)/b19-9+. The first kappa shape index (κ1) is 24.2. The minimum atomic E-state index is -0.836. The van der Waals surface area contributed by atoms with Gasteiger partial charge in [0.25, 0.3) is 11.8 Å². The van der Waals surface area contributed by atoms with Crippen molar-refractivity contribution in [2.75, 3.05) is 4.90 Å². The molecule has 6 nitrogen and oxygen atoms in total. The van der Waals surface area contributed by atoms with Crippen LogP contribution in [0.15, 0.2) is 75.2 Å². The second kappa shape index (κ2) is 10.1. The number of anilines is 1. The molecule has 1 fully saturated rings. The number of aryl methyl sites for hydroxylation is 1. The van der Waals surface area contributed by atoms with Gasteiger partial charge in [-0.2, -0.15) is 0 Å². The van der Waals surface area contributed by atoms with E-state index in [-0.39, 0.29) is 11.3 Å². The van der Waals surface area contributed by atoms with Gasteiger partial charge in [-0.1, -0.05) is 47.5 Å². The number of urea groups is 1. The van der Waals surface area contributed by atoms with E-state index in [1.165, 1.54) is 17.7 Å². The van der Waals surface area contributed by atoms with Crippen molar-refractivity contribution in [1.82, 2.24) is 5.32 Å². The topological polar surface area (TPSA) is 75.7 Å². The largest absolute Gasteiger partial charge is 0.487 e. The Kier molecular flexibility index (Phi) is 7.21. The molecular formula is C25H17Br2ClN2O4. The normalized spacial score (nSPS) is 15.0. The Morgan fingerprint density at radius 2 is 1.68 bits per heavy atom. The molecule has 4 rings (SSSR count). The average molecular weight is 605 g/mol. The van der Waals surface area contributed by atoms with Gasteiger partial charge in [0.2, 0.25) is 0 Å². The summed E-state index contributed by atoms with van der Waals surface area (Å²) < 4.78 is 7.22. The number of ether oxygens (including phenoxy) is 1. The van der Waals surface area contributed by atoms with Crippen LogP contribution in [0.2, 0.25) is 5.02 Å². The van der Waals surface area contributed by atoms with Crippen molar-refractivity contribution in [2.45, 2.75) is 13.5 Å². The SMILES string of the molecule is Cc1ccc(COc2c(Br)cc(/C=C3\C(=O)NC(=O)N(c4cccc(Cl)c4)C3=O)cc2Br)cc1. The van der Waals surface area contributed by atoms with E-state index in [9.17, 15) is 14.4 Å². The number of benzene rings is 3. The number of amides is 4. The molecule has 0 atom stereocenters. The van der Waals surface area contributed by atoms with E-state index < -0.39 is 17.8 Å². The van der Waals surface area contributed by atoms with E-state index in [1.54, 1.807) is 30.3 Å². The van der Waals surface area contributed by atoms with Gasteiger partial charge < -0.3 is 4.74 Å². The summed E-state index contributed by atoms with van der Waals surface area (Å²) in [7, 11) is 0. The third-order valence-corrected chi connectivity index (χ3v) is 6.42. The molecule has 4 amide bonds. The van der Waals surface area contributed by atoms with E-state index in [2.05, 4.69) is 37.2 Å². The quantitative estimate of drug-likeness (QED) is 0.270. The Morgan fingerprint density at radius 1 is 1.00 bits per heavy atom. The van der Waals surface area contributed by atoms with Gasteiger partial charge >= 0.3 is 6.03 Å². The lowest BCUT2D eigenvalue weighted by molar-refractivity contribution is -0.122. The molecule has 0 unspecified atom stereocenters. The Labute approximate surface area is 217 Å². The van der Waals surface area contributed by atoms with E-state index in [1.807, 2.05) is 31.2 Å². The number of carbonyl (C=O) groups excluding carboxylic acids is 3. The number of nitrogens with zero attached hydrogens (tertiary/aromatic N) is 1. The monoisotopic (exact) mass is 602 g/mol. The van der Waals surface area contributed by atoms with Crippen LogP contribution in [0.1, 0.15) is 16.7 Å². The van der Waals surface area contributed by atoms with Crippen molar-refractivity contribution >= 4 is 73.1 Å². The van der Waals surface area contributed by atoms with Gasteiger partial charge in [-0.3, -0.25) is 14.9 Å². The number of barbiturate groups is 1. The molecule has 0 aliphatic carbocycles. The van der Waals surface area contributed by atoms with Crippen LogP contribution in [-0.4, -0.2) is 17.8 Å². The molecule has 3 aromatic carbocycles. The third kappa shape index (κ3) is 5.24. The van der Waals surface area contributed by atoms with Gasteiger partial charge in [0.15, 0.2) is 0 Å². The van der Waals surface area contributed by atoms with E-state index in [0.717, 1.165) is 10.5 Å². The van der Waals surface area contributed by atoms with Crippen molar-refractivity contribution in [2.24, 2.45) is 0 Å². The lowest BCUT2D eigenvalue weighted by Crippen LogP contribution is -2.54.